The molecule has 0 aliphatic rings. The molecule has 0 aliphatic heterocycles. The first kappa shape index (κ1) is 18.0. The maximum atomic E-state index is 12.3. The van der Waals surface area contributed by atoms with E-state index in [1.54, 1.807) is 18.2 Å². The van der Waals surface area contributed by atoms with Crippen molar-refractivity contribution >= 4 is 37.6 Å². The summed E-state index contributed by atoms with van der Waals surface area (Å²) in [5, 5.41) is 0.196. The molecule has 2 aromatic rings. The molecule has 0 radical (unpaired) electrons. The van der Waals surface area contributed by atoms with Crippen LogP contribution >= 0.6 is 27.5 Å². The van der Waals surface area contributed by atoms with Crippen LogP contribution in [-0.4, -0.2) is 27.6 Å². The minimum atomic E-state index is -3.72. The summed E-state index contributed by atoms with van der Waals surface area (Å²) in [6, 6.07) is 6.55. The van der Waals surface area contributed by atoms with Crippen molar-refractivity contribution in [1.82, 2.24) is 9.71 Å². The fourth-order valence-electron chi connectivity index (χ4n) is 1.78. The molecule has 6 nitrogen and oxygen atoms in total. The van der Waals surface area contributed by atoms with Gasteiger partial charge in [-0.15, -0.1) is 0 Å². The summed E-state index contributed by atoms with van der Waals surface area (Å²) in [5.41, 5.74) is 0.700. The molecule has 0 saturated heterocycles. The second kappa shape index (κ2) is 7.48. The van der Waals surface area contributed by atoms with E-state index in [-0.39, 0.29) is 16.6 Å². The molecule has 0 fully saturated rings. The molecular weight excluding hydrogens is 408 g/mol. The van der Waals surface area contributed by atoms with E-state index >= 15 is 0 Å². The van der Waals surface area contributed by atoms with Gasteiger partial charge in [0, 0.05) is 18.8 Å². The minimum Gasteiger partial charge on any atom is -0.497 e. The van der Waals surface area contributed by atoms with E-state index in [4.69, 9.17) is 21.1 Å². The van der Waals surface area contributed by atoms with Gasteiger partial charge in [-0.1, -0.05) is 11.6 Å². The molecule has 0 amide bonds. The first-order chi connectivity index (χ1) is 10.9. The second-order valence-electron chi connectivity index (χ2n) is 4.49. The lowest BCUT2D eigenvalue weighted by Crippen LogP contribution is -2.23. The van der Waals surface area contributed by atoms with Gasteiger partial charge in [-0.3, -0.25) is 0 Å². The standard InChI is InChI=1S/C14H14BrClN2O4S/c1-21-10-3-9(4-11(5-10)22-2)7-18-23(19,20)12-6-13(15)14(16)17-8-12/h3-6,8,18H,7H2,1-2H3. The zero-order chi connectivity index (χ0) is 17.0. The molecule has 9 heteroatoms. The monoisotopic (exact) mass is 420 g/mol. The molecule has 23 heavy (non-hydrogen) atoms. The first-order valence-corrected chi connectivity index (χ1v) is 9.04. The van der Waals surface area contributed by atoms with E-state index in [0.29, 0.717) is 21.5 Å². The Morgan fingerprint density at radius 1 is 1.17 bits per heavy atom. The van der Waals surface area contributed by atoms with Crippen molar-refractivity contribution in [2.45, 2.75) is 11.4 Å². The normalized spacial score (nSPS) is 11.3. The maximum absolute atomic E-state index is 12.3. The Morgan fingerprint density at radius 2 is 1.78 bits per heavy atom. The van der Waals surface area contributed by atoms with Gasteiger partial charge in [0.05, 0.1) is 18.7 Å². The third kappa shape index (κ3) is 4.57. The number of pyridine rings is 1. The highest BCUT2D eigenvalue weighted by molar-refractivity contribution is 9.10. The third-order valence-electron chi connectivity index (χ3n) is 2.96. The van der Waals surface area contributed by atoms with Crippen LogP contribution in [0.2, 0.25) is 5.15 Å². The van der Waals surface area contributed by atoms with Gasteiger partial charge in [-0.2, -0.15) is 0 Å². The summed E-state index contributed by atoms with van der Waals surface area (Å²) < 4.78 is 37.8. The molecule has 1 N–H and O–H groups in total. The molecule has 2 rings (SSSR count). The Hall–Kier alpha value is -1.35. The first-order valence-electron chi connectivity index (χ1n) is 6.38. The van der Waals surface area contributed by atoms with E-state index < -0.39 is 10.0 Å². The molecular formula is C14H14BrClN2O4S. The Bertz CT molecular complexity index is 792. The quantitative estimate of drug-likeness (QED) is 0.726. The van der Waals surface area contributed by atoms with Crippen LogP contribution < -0.4 is 14.2 Å². The fourth-order valence-corrected chi connectivity index (χ4v) is 3.37. The van der Waals surface area contributed by atoms with Gasteiger partial charge in [0.1, 0.15) is 21.5 Å². The number of ether oxygens (including phenoxy) is 2. The predicted molar refractivity (Wildman–Crippen MR) is 90.5 cm³/mol. The van der Waals surface area contributed by atoms with E-state index in [2.05, 4.69) is 25.6 Å². The van der Waals surface area contributed by atoms with Crippen LogP contribution in [0.25, 0.3) is 0 Å². The SMILES string of the molecule is COc1cc(CNS(=O)(=O)c2cnc(Cl)c(Br)c2)cc(OC)c1. The summed E-state index contributed by atoms with van der Waals surface area (Å²) in [6.07, 6.45) is 1.20. The summed E-state index contributed by atoms with van der Waals surface area (Å²) in [5.74, 6) is 1.16. The highest BCUT2D eigenvalue weighted by Crippen LogP contribution is 2.24. The zero-order valence-electron chi connectivity index (χ0n) is 12.3. The highest BCUT2D eigenvalue weighted by atomic mass is 79.9. The maximum Gasteiger partial charge on any atom is 0.242 e. The molecule has 0 spiro atoms. The smallest absolute Gasteiger partial charge is 0.242 e. The van der Waals surface area contributed by atoms with Crippen LogP contribution in [0.1, 0.15) is 5.56 Å². The number of benzene rings is 1. The number of sulfonamides is 1. The van der Waals surface area contributed by atoms with Crippen LogP contribution in [0.3, 0.4) is 0 Å². The molecule has 124 valence electrons. The van der Waals surface area contributed by atoms with Crippen molar-refractivity contribution in [3.05, 3.63) is 45.7 Å². The van der Waals surface area contributed by atoms with Gasteiger partial charge in [-0.25, -0.2) is 18.1 Å². The largest absolute Gasteiger partial charge is 0.497 e. The van der Waals surface area contributed by atoms with Crippen molar-refractivity contribution in [2.75, 3.05) is 14.2 Å². The van der Waals surface area contributed by atoms with Gasteiger partial charge in [0.2, 0.25) is 10.0 Å². The number of nitrogens with zero attached hydrogens (tertiary/aromatic N) is 1. The van der Waals surface area contributed by atoms with Gasteiger partial charge < -0.3 is 9.47 Å². The number of rotatable bonds is 6. The summed E-state index contributed by atoms with van der Waals surface area (Å²) in [6.45, 7) is 0.0795. The fraction of sp³-hybridized carbons (Fsp3) is 0.214. The topological polar surface area (TPSA) is 77.5 Å². The number of hydrogen-bond acceptors (Lipinski definition) is 5. The average molecular weight is 422 g/mol. The predicted octanol–water partition coefficient (Wildman–Crippen LogP) is 2.99. The summed E-state index contributed by atoms with van der Waals surface area (Å²) in [7, 11) is -0.665. The lowest BCUT2D eigenvalue weighted by atomic mass is 10.2. The van der Waals surface area contributed by atoms with Crippen molar-refractivity contribution in [2.24, 2.45) is 0 Å². The van der Waals surface area contributed by atoms with Crippen LogP contribution in [0.15, 0.2) is 39.8 Å². The number of hydrogen-bond donors (Lipinski definition) is 1. The van der Waals surface area contributed by atoms with Crippen molar-refractivity contribution < 1.29 is 17.9 Å². The average Bonchev–Trinajstić information content (AvgIpc) is 2.55. The molecule has 1 heterocycles. The van der Waals surface area contributed by atoms with Gasteiger partial charge in [-0.05, 0) is 39.7 Å². The Kier molecular flexibility index (Phi) is 5.85. The number of nitrogens with one attached hydrogen (secondary N) is 1. The van der Waals surface area contributed by atoms with E-state index in [0.717, 1.165) is 0 Å². The Morgan fingerprint density at radius 3 is 2.30 bits per heavy atom. The summed E-state index contributed by atoms with van der Waals surface area (Å²) in [4.78, 5) is 3.83. The van der Waals surface area contributed by atoms with Crippen LogP contribution in [0.5, 0.6) is 11.5 Å². The minimum absolute atomic E-state index is 0.0173. The summed E-state index contributed by atoms with van der Waals surface area (Å²) >= 11 is 8.92. The highest BCUT2D eigenvalue weighted by Gasteiger charge is 2.16. The zero-order valence-corrected chi connectivity index (χ0v) is 15.5. The number of aromatic nitrogens is 1. The van der Waals surface area contributed by atoms with E-state index in [1.807, 2.05) is 0 Å². The van der Waals surface area contributed by atoms with Crippen molar-refractivity contribution in [3.63, 3.8) is 0 Å². The third-order valence-corrected chi connectivity index (χ3v) is 5.46. The van der Waals surface area contributed by atoms with Crippen molar-refractivity contribution in [3.8, 4) is 11.5 Å². The molecule has 0 unspecified atom stereocenters. The number of methoxy groups -OCH3 is 2. The molecule has 1 aromatic heterocycles. The van der Waals surface area contributed by atoms with E-state index in [1.165, 1.54) is 26.5 Å². The molecule has 0 saturated carbocycles. The van der Waals surface area contributed by atoms with E-state index in [9.17, 15) is 8.42 Å². The van der Waals surface area contributed by atoms with Gasteiger partial charge >= 0.3 is 0 Å². The molecule has 0 bridgehead atoms. The Labute approximate surface area is 148 Å². The van der Waals surface area contributed by atoms with Crippen molar-refractivity contribution in [1.29, 1.82) is 0 Å². The van der Waals surface area contributed by atoms with Crippen LogP contribution in [0, 0.1) is 0 Å². The van der Waals surface area contributed by atoms with Gasteiger partial charge in [0.25, 0.3) is 0 Å². The lowest BCUT2D eigenvalue weighted by molar-refractivity contribution is 0.393. The molecule has 0 atom stereocenters. The van der Waals surface area contributed by atoms with Crippen LogP contribution in [0.4, 0.5) is 0 Å². The Balaban J connectivity index is 2.20. The van der Waals surface area contributed by atoms with Gasteiger partial charge in [0.15, 0.2) is 0 Å². The van der Waals surface area contributed by atoms with Crippen LogP contribution in [-0.2, 0) is 16.6 Å². The number of halogens is 2. The molecule has 0 aliphatic carbocycles. The second-order valence-corrected chi connectivity index (χ2v) is 7.47. The molecule has 1 aromatic carbocycles. The lowest BCUT2D eigenvalue weighted by Gasteiger charge is -2.10.